The first-order valence-corrected chi connectivity index (χ1v) is 6.18. The van der Waals surface area contributed by atoms with E-state index in [0.717, 1.165) is 31.7 Å². The average Bonchev–Trinajstić information content (AvgIpc) is 2.43. The first-order chi connectivity index (χ1) is 8.76. The van der Waals surface area contributed by atoms with E-state index in [9.17, 15) is 10.2 Å². The second kappa shape index (κ2) is 7.55. The van der Waals surface area contributed by atoms with Crippen molar-refractivity contribution in [3.63, 3.8) is 0 Å². The van der Waals surface area contributed by atoms with Gasteiger partial charge in [0.2, 0.25) is 0 Å². The van der Waals surface area contributed by atoms with E-state index in [1.54, 1.807) is 25.3 Å². The van der Waals surface area contributed by atoms with Gasteiger partial charge in [0, 0.05) is 31.7 Å². The summed E-state index contributed by atoms with van der Waals surface area (Å²) in [7, 11) is 1.59. The van der Waals surface area contributed by atoms with E-state index in [0.29, 0.717) is 5.75 Å². The van der Waals surface area contributed by atoms with Gasteiger partial charge in [-0.15, -0.1) is 12.4 Å². The van der Waals surface area contributed by atoms with E-state index in [1.807, 2.05) is 0 Å². The molecule has 6 heteroatoms. The Kier molecular flexibility index (Phi) is 6.37. The summed E-state index contributed by atoms with van der Waals surface area (Å²) in [6, 6.07) is 4.93. The molecule has 0 amide bonds. The molecular weight excluding hydrogens is 268 g/mol. The molecule has 0 aliphatic carbocycles. The minimum Gasteiger partial charge on any atom is -0.508 e. The summed E-state index contributed by atoms with van der Waals surface area (Å²) in [5.41, 5.74) is 0.721. The quantitative estimate of drug-likeness (QED) is 0.763. The molecule has 2 rings (SSSR count). The third-order valence-electron chi connectivity index (χ3n) is 3.36. The summed E-state index contributed by atoms with van der Waals surface area (Å²) < 4.78 is 5.17. The molecule has 0 bridgehead atoms. The number of phenolic OH excluding ortho intramolecular Hbond substituents is 1. The highest BCUT2D eigenvalue weighted by Gasteiger charge is 2.24. The molecule has 19 heavy (non-hydrogen) atoms. The average molecular weight is 289 g/mol. The van der Waals surface area contributed by atoms with Crippen LogP contribution in [-0.4, -0.2) is 55.0 Å². The highest BCUT2D eigenvalue weighted by atomic mass is 35.5. The zero-order valence-corrected chi connectivity index (χ0v) is 11.8. The van der Waals surface area contributed by atoms with Crippen molar-refractivity contribution in [2.75, 3.05) is 39.9 Å². The Morgan fingerprint density at radius 1 is 1.37 bits per heavy atom. The van der Waals surface area contributed by atoms with E-state index in [2.05, 4.69) is 10.2 Å². The molecule has 3 N–H and O–H groups in total. The fraction of sp³-hybridized carbons (Fsp3) is 0.538. The van der Waals surface area contributed by atoms with E-state index in [-0.39, 0.29) is 30.8 Å². The molecule has 1 saturated heterocycles. The molecule has 1 atom stereocenters. The highest BCUT2D eigenvalue weighted by Crippen LogP contribution is 2.31. The van der Waals surface area contributed by atoms with Crippen molar-refractivity contribution in [2.45, 2.75) is 6.04 Å². The Labute approximate surface area is 119 Å². The second-order valence-electron chi connectivity index (χ2n) is 4.41. The molecule has 1 heterocycles. The minimum atomic E-state index is -0.179. The van der Waals surface area contributed by atoms with Crippen LogP contribution in [0.2, 0.25) is 0 Å². The van der Waals surface area contributed by atoms with Crippen LogP contribution in [-0.2, 0) is 0 Å². The van der Waals surface area contributed by atoms with E-state index in [1.165, 1.54) is 0 Å². The maximum Gasteiger partial charge on any atom is 0.120 e. The number of piperazine rings is 1. The topological polar surface area (TPSA) is 65.0 Å². The van der Waals surface area contributed by atoms with Gasteiger partial charge in [-0.25, -0.2) is 0 Å². The van der Waals surface area contributed by atoms with Crippen LogP contribution in [0.1, 0.15) is 11.6 Å². The molecule has 1 fully saturated rings. The molecule has 0 spiro atoms. The molecule has 1 aromatic carbocycles. The van der Waals surface area contributed by atoms with Gasteiger partial charge in [-0.1, -0.05) is 0 Å². The van der Waals surface area contributed by atoms with Crippen molar-refractivity contribution < 1.29 is 14.9 Å². The SMILES string of the molecule is COc1ccc(O)c([C@@H](CO)N2CCNCC2)c1.Cl. The predicted octanol–water partition coefficient (Wildman–Crippen LogP) is 0.761. The lowest BCUT2D eigenvalue weighted by atomic mass is 10.0. The number of aromatic hydroxyl groups is 1. The Morgan fingerprint density at radius 2 is 2.05 bits per heavy atom. The maximum atomic E-state index is 9.95. The smallest absolute Gasteiger partial charge is 0.120 e. The van der Waals surface area contributed by atoms with Crippen LogP contribution in [0.25, 0.3) is 0 Å². The molecular formula is C13H21ClN2O3. The number of aliphatic hydroxyl groups excluding tert-OH is 1. The van der Waals surface area contributed by atoms with Crippen molar-refractivity contribution in [3.05, 3.63) is 23.8 Å². The Balaban J connectivity index is 0.00000180. The van der Waals surface area contributed by atoms with E-state index < -0.39 is 0 Å². The molecule has 0 radical (unpaired) electrons. The van der Waals surface area contributed by atoms with Crippen molar-refractivity contribution >= 4 is 12.4 Å². The Hall–Kier alpha value is -1.01. The van der Waals surface area contributed by atoms with Crippen LogP contribution >= 0.6 is 12.4 Å². The van der Waals surface area contributed by atoms with Gasteiger partial charge in [-0.2, -0.15) is 0 Å². The number of ether oxygens (including phenoxy) is 1. The molecule has 1 aliphatic heterocycles. The summed E-state index contributed by atoms with van der Waals surface area (Å²) in [5.74, 6) is 0.893. The minimum absolute atomic E-state index is 0. The highest BCUT2D eigenvalue weighted by molar-refractivity contribution is 5.85. The number of aliphatic hydroxyl groups is 1. The van der Waals surface area contributed by atoms with Gasteiger partial charge in [0.05, 0.1) is 19.8 Å². The monoisotopic (exact) mass is 288 g/mol. The number of rotatable bonds is 4. The normalized spacial score (nSPS) is 17.6. The number of hydrogen-bond donors (Lipinski definition) is 3. The van der Waals surface area contributed by atoms with Gasteiger partial charge < -0.3 is 20.3 Å². The zero-order chi connectivity index (χ0) is 13.0. The van der Waals surface area contributed by atoms with Crippen LogP contribution in [0, 0.1) is 0 Å². The largest absolute Gasteiger partial charge is 0.508 e. The molecule has 1 aliphatic rings. The van der Waals surface area contributed by atoms with Crippen LogP contribution in [0.15, 0.2) is 18.2 Å². The number of benzene rings is 1. The molecule has 5 nitrogen and oxygen atoms in total. The Morgan fingerprint density at radius 3 is 2.63 bits per heavy atom. The third-order valence-corrected chi connectivity index (χ3v) is 3.36. The fourth-order valence-corrected chi connectivity index (χ4v) is 2.33. The summed E-state index contributed by atoms with van der Waals surface area (Å²) in [6.07, 6.45) is 0. The number of nitrogens with one attached hydrogen (secondary N) is 1. The van der Waals surface area contributed by atoms with Crippen molar-refractivity contribution in [1.82, 2.24) is 10.2 Å². The van der Waals surface area contributed by atoms with Crippen LogP contribution in [0.3, 0.4) is 0 Å². The number of methoxy groups -OCH3 is 1. The van der Waals surface area contributed by atoms with Crippen LogP contribution < -0.4 is 10.1 Å². The second-order valence-corrected chi connectivity index (χ2v) is 4.41. The third kappa shape index (κ3) is 3.73. The molecule has 0 unspecified atom stereocenters. The van der Waals surface area contributed by atoms with Gasteiger partial charge >= 0.3 is 0 Å². The summed E-state index contributed by atoms with van der Waals surface area (Å²) in [5, 5.41) is 22.8. The first-order valence-electron chi connectivity index (χ1n) is 6.18. The molecule has 108 valence electrons. The standard InChI is InChI=1S/C13H20N2O3.ClH/c1-18-10-2-3-13(17)11(8-10)12(9-16)15-6-4-14-5-7-15;/h2-3,8,12,14,16-17H,4-7,9H2,1H3;1H/t12-;/m1./s1. The lowest BCUT2D eigenvalue weighted by molar-refractivity contribution is 0.109. The van der Waals surface area contributed by atoms with Gasteiger partial charge in [-0.3, -0.25) is 4.90 Å². The first kappa shape index (κ1) is 16.0. The molecule has 0 saturated carbocycles. The lowest BCUT2D eigenvalue weighted by Crippen LogP contribution is -2.46. The summed E-state index contributed by atoms with van der Waals surface area (Å²) in [4.78, 5) is 2.17. The van der Waals surface area contributed by atoms with Gasteiger partial charge in [0.15, 0.2) is 0 Å². The van der Waals surface area contributed by atoms with E-state index in [4.69, 9.17) is 4.74 Å². The number of halogens is 1. The van der Waals surface area contributed by atoms with Gasteiger partial charge in [0.25, 0.3) is 0 Å². The van der Waals surface area contributed by atoms with Gasteiger partial charge in [0.1, 0.15) is 11.5 Å². The molecule has 1 aromatic rings. The number of nitrogens with zero attached hydrogens (tertiary/aromatic N) is 1. The van der Waals surface area contributed by atoms with Crippen LogP contribution in [0.5, 0.6) is 11.5 Å². The van der Waals surface area contributed by atoms with Crippen molar-refractivity contribution in [1.29, 1.82) is 0 Å². The van der Waals surface area contributed by atoms with Crippen molar-refractivity contribution in [3.8, 4) is 11.5 Å². The summed E-state index contributed by atoms with van der Waals surface area (Å²) in [6.45, 7) is 3.52. The fourth-order valence-electron chi connectivity index (χ4n) is 2.33. The van der Waals surface area contributed by atoms with Crippen LogP contribution in [0.4, 0.5) is 0 Å². The lowest BCUT2D eigenvalue weighted by Gasteiger charge is -2.34. The molecule has 0 aromatic heterocycles. The number of phenols is 1. The maximum absolute atomic E-state index is 9.95. The van der Waals surface area contributed by atoms with Crippen molar-refractivity contribution in [2.24, 2.45) is 0 Å². The van der Waals surface area contributed by atoms with E-state index >= 15 is 0 Å². The van der Waals surface area contributed by atoms with Gasteiger partial charge in [-0.05, 0) is 18.2 Å². The Bertz CT molecular complexity index is 397. The summed E-state index contributed by atoms with van der Waals surface area (Å²) >= 11 is 0. The number of hydrogen-bond acceptors (Lipinski definition) is 5. The zero-order valence-electron chi connectivity index (χ0n) is 11.0. The predicted molar refractivity (Wildman–Crippen MR) is 76.2 cm³/mol.